The Morgan fingerprint density at radius 3 is 2.55 bits per heavy atom. The number of hydrogen-bond donors (Lipinski definition) is 2. The monoisotopic (exact) mass is 390 g/mol. The van der Waals surface area contributed by atoms with Gasteiger partial charge in [0.2, 0.25) is 0 Å². The van der Waals surface area contributed by atoms with Gasteiger partial charge in [0.25, 0.3) is 0 Å². The standard InChI is InChI=1S/C23H26N4O2/c1-16-12-13-27-22(25-16)21(18-10-11-19(28-3)20(14-18)29-4)23(2,26-27)24-15-17-8-6-5-7-9-17/h5-14,24,26H,15H2,1-4H3. The lowest BCUT2D eigenvalue weighted by Crippen LogP contribution is -2.54. The van der Waals surface area contributed by atoms with Crippen LogP contribution in [-0.2, 0) is 6.54 Å². The highest BCUT2D eigenvalue weighted by atomic mass is 16.5. The van der Waals surface area contributed by atoms with Crippen LogP contribution >= 0.6 is 0 Å². The number of nitrogens with one attached hydrogen (secondary N) is 2. The van der Waals surface area contributed by atoms with Crippen LogP contribution in [0.3, 0.4) is 0 Å². The minimum Gasteiger partial charge on any atom is -0.493 e. The summed E-state index contributed by atoms with van der Waals surface area (Å²) in [4.78, 5) is 4.81. The fourth-order valence-corrected chi connectivity index (χ4v) is 3.71. The molecule has 0 saturated carbocycles. The summed E-state index contributed by atoms with van der Waals surface area (Å²) in [5.74, 6) is 2.26. The van der Waals surface area contributed by atoms with Crippen molar-refractivity contribution >= 4 is 11.3 Å². The van der Waals surface area contributed by atoms with Crippen LogP contribution in [0.15, 0.2) is 71.6 Å². The molecule has 1 atom stereocenters. The second-order valence-electron chi connectivity index (χ2n) is 7.28. The van der Waals surface area contributed by atoms with Gasteiger partial charge in [-0.2, -0.15) is 0 Å². The van der Waals surface area contributed by atoms with Gasteiger partial charge in [-0.15, -0.1) is 0 Å². The first kappa shape index (κ1) is 19.2. The van der Waals surface area contributed by atoms with Crippen molar-refractivity contribution in [1.82, 2.24) is 15.8 Å². The number of allylic oxidation sites excluding steroid dienone is 1. The molecule has 4 rings (SSSR count). The number of rotatable bonds is 6. The van der Waals surface area contributed by atoms with E-state index in [-0.39, 0.29) is 0 Å². The second-order valence-corrected chi connectivity index (χ2v) is 7.28. The van der Waals surface area contributed by atoms with E-state index in [1.54, 1.807) is 14.2 Å². The molecule has 0 aromatic heterocycles. The van der Waals surface area contributed by atoms with Gasteiger partial charge >= 0.3 is 0 Å². The van der Waals surface area contributed by atoms with E-state index in [4.69, 9.17) is 14.5 Å². The fourth-order valence-electron chi connectivity index (χ4n) is 3.71. The third-order valence-electron chi connectivity index (χ3n) is 5.20. The topological polar surface area (TPSA) is 58.1 Å². The minimum absolute atomic E-state index is 0.525. The molecule has 6 nitrogen and oxygen atoms in total. The number of hydrogen-bond acceptors (Lipinski definition) is 6. The molecule has 2 aliphatic rings. The zero-order valence-corrected chi connectivity index (χ0v) is 17.2. The van der Waals surface area contributed by atoms with Gasteiger partial charge in [0.05, 0.1) is 14.2 Å². The molecule has 29 heavy (non-hydrogen) atoms. The summed E-state index contributed by atoms with van der Waals surface area (Å²) in [5, 5.41) is 5.64. The molecule has 0 radical (unpaired) electrons. The van der Waals surface area contributed by atoms with Crippen LogP contribution in [0.4, 0.5) is 0 Å². The van der Waals surface area contributed by atoms with Gasteiger partial charge < -0.3 is 9.47 Å². The van der Waals surface area contributed by atoms with Gasteiger partial charge in [0.15, 0.2) is 17.3 Å². The molecule has 0 fully saturated rings. The van der Waals surface area contributed by atoms with Crippen LogP contribution in [0.2, 0.25) is 0 Å². The third-order valence-corrected chi connectivity index (χ3v) is 5.20. The van der Waals surface area contributed by atoms with Gasteiger partial charge in [0.1, 0.15) is 5.66 Å². The van der Waals surface area contributed by atoms with E-state index in [1.807, 2.05) is 48.5 Å². The molecule has 0 bridgehead atoms. The maximum absolute atomic E-state index is 5.54. The van der Waals surface area contributed by atoms with E-state index in [0.29, 0.717) is 18.0 Å². The molecule has 2 aliphatic heterocycles. The molecule has 0 saturated heterocycles. The number of methoxy groups -OCH3 is 2. The molecule has 150 valence electrons. The molecule has 2 heterocycles. The smallest absolute Gasteiger partial charge is 0.161 e. The lowest BCUT2D eigenvalue weighted by molar-refractivity contribution is 0.244. The lowest BCUT2D eigenvalue weighted by Gasteiger charge is -2.31. The van der Waals surface area contributed by atoms with Crippen molar-refractivity contribution in [2.45, 2.75) is 26.1 Å². The third kappa shape index (κ3) is 3.64. The van der Waals surface area contributed by atoms with E-state index >= 15 is 0 Å². The Morgan fingerprint density at radius 1 is 1.07 bits per heavy atom. The maximum Gasteiger partial charge on any atom is 0.161 e. The highest BCUT2D eigenvalue weighted by Gasteiger charge is 2.42. The van der Waals surface area contributed by atoms with Crippen molar-refractivity contribution in [2.24, 2.45) is 4.99 Å². The molecule has 0 amide bonds. The predicted octanol–water partition coefficient (Wildman–Crippen LogP) is 3.69. The number of fused-ring (bicyclic) bond motifs is 1. The van der Waals surface area contributed by atoms with Crippen LogP contribution in [-0.4, -0.2) is 30.6 Å². The zero-order valence-electron chi connectivity index (χ0n) is 17.2. The van der Waals surface area contributed by atoms with Crippen molar-refractivity contribution in [3.05, 3.63) is 77.8 Å². The molecule has 2 aromatic rings. The molecular weight excluding hydrogens is 364 g/mol. The normalized spacial score (nSPS) is 20.6. The Bertz CT molecular complexity index is 997. The quantitative estimate of drug-likeness (QED) is 0.788. The summed E-state index contributed by atoms with van der Waals surface area (Å²) in [6, 6.07) is 16.3. The largest absolute Gasteiger partial charge is 0.493 e. The van der Waals surface area contributed by atoms with Gasteiger partial charge in [-0.1, -0.05) is 36.4 Å². The summed E-state index contributed by atoms with van der Waals surface area (Å²) < 4.78 is 11.0. The van der Waals surface area contributed by atoms with E-state index < -0.39 is 5.66 Å². The predicted molar refractivity (Wildman–Crippen MR) is 115 cm³/mol. The van der Waals surface area contributed by atoms with Crippen molar-refractivity contribution in [3.8, 4) is 11.5 Å². The second kappa shape index (κ2) is 7.73. The van der Waals surface area contributed by atoms with E-state index in [1.165, 1.54) is 5.56 Å². The highest BCUT2D eigenvalue weighted by Crippen LogP contribution is 2.40. The zero-order chi connectivity index (χ0) is 20.4. The van der Waals surface area contributed by atoms with E-state index in [9.17, 15) is 0 Å². The van der Waals surface area contributed by atoms with Crippen molar-refractivity contribution in [2.75, 3.05) is 14.2 Å². The first-order valence-corrected chi connectivity index (χ1v) is 9.61. The van der Waals surface area contributed by atoms with E-state index in [0.717, 1.165) is 22.7 Å². The molecule has 1 unspecified atom stereocenters. The highest BCUT2D eigenvalue weighted by molar-refractivity contribution is 5.95. The van der Waals surface area contributed by atoms with Crippen molar-refractivity contribution in [3.63, 3.8) is 0 Å². The Morgan fingerprint density at radius 2 is 1.83 bits per heavy atom. The molecule has 2 N–H and O–H groups in total. The van der Waals surface area contributed by atoms with Crippen LogP contribution in [0.25, 0.3) is 5.57 Å². The average molecular weight is 390 g/mol. The number of ether oxygens (including phenoxy) is 2. The summed E-state index contributed by atoms with van der Waals surface area (Å²) >= 11 is 0. The molecular formula is C23H26N4O2. The van der Waals surface area contributed by atoms with Gasteiger partial charge in [-0.3, -0.25) is 10.3 Å². The van der Waals surface area contributed by atoms with Crippen LogP contribution < -0.4 is 20.2 Å². The van der Waals surface area contributed by atoms with Gasteiger partial charge in [0, 0.05) is 24.0 Å². The number of aliphatic imine (C=N–C) groups is 1. The van der Waals surface area contributed by atoms with Crippen LogP contribution in [0.5, 0.6) is 11.5 Å². The number of hydrazine groups is 1. The summed E-state index contributed by atoms with van der Waals surface area (Å²) in [5.41, 5.74) is 7.28. The first-order chi connectivity index (χ1) is 14.0. The van der Waals surface area contributed by atoms with Crippen molar-refractivity contribution < 1.29 is 9.47 Å². The Hall–Kier alpha value is -3.09. The first-order valence-electron chi connectivity index (χ1n) is 9.61. The van der Waals surface area contributed by atoms with Gasteiger partial charge in [-0.25, -0.2) is 10.4 Å². The molecule has 0 spiro atoms. The lowest BCUT2D eigenvalue weighted by atomic mass is 9.94. The summed E-state index contributed by atoms with van der Waals surface area (Å²) in [7, 11) is 3.29. The summed E-state index contributed by atoms with van der Waals surface area (Å²) in [6.45, 7) is 4.85. The Balaban J connectivity index is 1.77. The fraction of sp³-hybridized carbons (Fsp3) is 0.261. The average Bonchev–Trinajstić information content (AvgIpc) is 3.04. The summed E-state index contributed by atoms with van der Waals surface area (Å²) in [6.07, 6.45) is 4.00. The minimum atomic E-state index is -0.525. The maximum atomic E-state index is 5.54. The molecule has 0 aliphatic carbocycles. The Kier molecular flexibility index (Phi) is 5.13. The SMILES string of the molecule is COc1ccc(C2=C3N=C(C)C=CN3NC2(C)NCc2ccccc2)cc1OC. The number of nitrogens with zero attached hydrogens (tertiary/aromatic N) is 2. The molecule has 2 aromatic carbocycles. The Labute approximate surface area is 171 Å². The van der Waals surface area contributed by atoms with E-state index in [2.05, 4.69) is 41.9 Å². The number of benzene rings is 2. The van der Waals surface area contributed by atoms with Gasteiger partial charge in [-0.05, 0) is 43.2 Å². The van der Waals surface area contributed by atoms with Crippen molar-refractivity contribution in [1.29, 1.82) is 0 Å². The molecule has 6 heteroatoms. The van der Waals surface area contributed by atoms with Crippen LogP contribution in [0, 0.1) is 0 Å². The van der Waals surface area contributed by atoms with Crippen LogP contribution in [0.1, 0.15) is 25.0 Å².